The van der Waals surface area contributed by atoms with E-state index in [9.17, 15) is 13.5 Å². The van der Waals surface area contributed by atoms with Crippen molar-refractivity contribution in [3.05, 3.63) is 28.8 Å². The predicted molar refractivity (Wildman–Crippen MR) is 67.0 cm³/mol. The van der Waals surface area contributed by atoms with E-state index in [1.54, 1.807) is 12.1 Å². The molecular weight excluding hydrogens is 262 g/mol. The number of nitrogens with one attached hydrogen (secondary N) is 1. The van der Waals surface area contributed by atoms with Crippen LogP contribution in [0.4, 0.5) is 0 Å². The summed E-state index contributed by atoms with van der Waals surface area (Å²) in [5.41, 5.74) is 0.682. The summed E-state index contributed by atoms with van der Waals surface area (Å²) in [4.78, 5) is 0. The van der Waals surface area contributed by atoms with Crippen LogP contribution >= 0.6 is 11.6 Å². The van der Waals surface area contributed by atoms with Gasteiger partial charge in [0, 0.05) is 23.2 Å². The Balaban J connectivity index is 1.97. The summed E-state index contributed by atoms with van der Waals surface area (Å²) >= 11 is 5.82. The number of rotatable bonds is 3. The van der Waals surface area contributed by atoms with E-state index in [1.165, 1.54) is 6.07 Å². The van der Waals surface area contributed by atoms with E-state index in [4.69, 9.17) is 11.6 Å². The van der Waals surface area contributed by atoms with E-state index in [0.29, 0.717) is 23.6 Å². The molecule has 0 bridgehead atoms. The summed E-state index contributed by atoms with van der Waals surface area (Å²) in [6.07, 6.45) is 0.629. The molecule has 1 saturated heterocycles. The third-order valence-corrected chi connectivity index (χ3v) is 4.86. The number of sulfone groups is 1. The monoisotopic (exact) mass is 275 g/mol. The number of benzene rings is 1. The molecule has 1 aliphatic rings. The zero-order valence-corrected chi connectivity index (χ0v) is 10.8. The maximum atomic E-state index is 11.3. The first kappa shape index (κ1) is 12.7. The lowest BCUT2D eigenvalue weighted by molar-refractivity contribution is 0.459. The Kier molecular flexibility index (Phi) is 3.61. The van der Waals surface area contributed by atoms with E-state index in [-0.39, 0.29) is 23.3 Å². The molecule has 0 saturated carbocycles. The standard InChI is InChI=1S/C11H14ClNO3S/c12-9-1-2-11(14)8(5-9)6-13-10-3-4-17(15,16)7-10/h1-2,5,10,13-14H,3-4,6-7H2. The quantitative estimate of drug-likeness (QED) is 0.873. The summed E-state index contributed by atoms with van der Waals surface area (Å²) in [6.45, 7) is 0.423. The maximum absolute atomic E-state index is 11.3. The van der Waals surface area contributed by atoms with Crippen molar-refractivity contribution in [2.75, 3.05) is 11.5 Å². The lowest BCUT2D eigenvalue weighted by Gasteiger charge is -2.11. The van der Waals surface area contributed by atoms with Crippen LogP contribution in [0, 0.1) is 0 Å². The van der Waals surface area contributed by atoms with Gasteiger partial charge in [0.25, 0.3) is 0 Å². The summed E-state index contributed by atoms with van der Waals surface area (Å²) in [7, 11) is -2.87. The third kappa shape index (κ3) is 3.34. The lowest BCUT2D eigenvalue weighted by Crippen LogP contribution is -2.29. The topological polar surface area (TPSA) is 66.4 Å². The lowest BCUT2D eigenvalue weighted by atomic mass is 10.2. The summed E-state index contributed by atoms with van der Waals surface area (Å²) in [6, 6.07) is 4.79. The molecule has 1 fully saturated rings. The van der Waals surface area contributed by atoms with Crippen LogP contribution in [0.3, 0.4) is 0 Å². The fourth-order valence-electron chi connectivity index (χ4n) is 1.91. The molecule has 0 amide bonds. The third-order valence-electron chi connectivity index (χ3n) is 2.86. The first-order chi connectivity index (χ1) is 7.96. The Hall–Kier alpha value is -0.780. The molecule has 0 aromatic heterocycles. The summed E-state index contributed by atoms with van der Waals surface area (Å²) < 4.78 is 22.5. The number of aromatic hydroxyl groups is 1. The van der Waals surface area contributed by atoms with E-state index in [1.807, 2.05) is 0 Å². The van der Waals surface area contributed by atoms with Crippen molar-refractivity contribution >= 4 is 21.4 Å². The van der Waals surface area contributed by atoms with Crippen molar-refractivity contribution < 1.29 is 13.5 Å². The largest absolute Gasteiger partial charge is 0.508 e. The molecule has 1 aliphatic heterocycles. The molecule has 94 valence electrons. The average Bonchev–Trinajstić information content (AvgIpc) is 2.60. The Bertz CT molecular complexity index is 515. The van der Waals surface area contributed by atoms with Crippen molar-refractivity contribution in [3.8, 4) is 5.75 Å². The van der Waals surface area contributed by atoms with Crippen LogP contribution in [-0.2, 0) is 16.4 Å². The van der Waals surface area contributed by atoms with Gasteiger partial charge in [0.2, 0.25) is 0 Å². The fraction of sp³-hybridized carbons (Fsp3) is 0.455. The molecule has 4 nitrogen and oxygen atoms in total. The van der Waals surface area contributed by atoms with Crippen molar-refractivity contribution in [1.29, 1.82) is 0 Å². The second-order valence-corrected chi connectivity index (χ2v) is 6.92. The Morgan fingerprint density at radius 3 is 2.88 bits per heavy atom. The summed E-state index contributed by atoms with van der Waals surface area (Å²) in [5.74, 6) is 0.586. The van der Waals surface area contributed by atoms with Crippen molar-refractivity contribution in [2.24, 2.45) is 0 Å². The zero-order chi connectivity index (χ0) is 12.5. The van der Waals surface area contributed by atoms with Gasteiger partial charge < -0.3 is 10.4 Å². The predicted octanol–water partition coefficient (Wildman–Crippen LogP) is 1.32. The molecule has 6 heteroatoms. The van der Waals surface area contributed by atoms with Crippen LogP contribution in [0.5, 0.6) is 5.75 Å². The van der Waals surface area contributed by atoms with Crippen LogP contribution in [0.2, 0.25) is 5.02 Å². The van der Waals surface area contributed by atoms with Crippen LogP contribution in [0.25, 0.3) is 0 Å². The molecule has 17 heavy (non-hydrogen) atoms. The zero-order valence-electron chi connectivity index (χ0n) is 9.19. The molecule has 1 aromatic rings. The second kappa shape index (κ2) is 4.84. The molecule has 2 rings (SSSR count). The van der Waals surface area contributed by atoms with Gasteiger partial charge in [-0.15, -0.1) is 0 Å². The first-order valence-corrected chi connectivity index (χ1v) is 7.57. The second-order valence-electron chi connectivity index (χ2n) is 4.25. The molecule has 2 N–H and O–H groups in total. The van der Waals surface area contributed by atoms with Crippen LogP contribution in [-0.4, -0.2) is 31.1 Å². The number of halogens is 1. The average molecular weight is 276 g/mol. The van der Waals surface area contributed by atoms with Crippen LogP contribution in [0.1, 0.15) is 12.0 Å². The van der Waals surface area contributed by atoms with Gasteiger partial charge in [-0.3, -0.25) is 0 Å². The van der Waals surface area contributed by atoms with E-state index in [2.05, 4.69) is 5.32 Å². The van der Waals surface area contributed by atoms with E-state index >= 15 is 0 Å². The smallest absolute Gasteiger partial charge is 0.151 e. The van der Waals surface area contributed by atoms with E-state index in [0.717, 1.165) is 0 Å². The number of hydrogen-bond acceptors (Lipinski definition) is 4. The van der Waals surface area contributed by atoms with Crippen molar-refractivity contribution in [3.63, 3.8) is 0 Å². The Morgan fingerprint density at radius 2 is 2.24 bits per heavy atom. The summed E-state index contributed by atoms with van der Waals surface area (Å²) in [5, 5.41) is 13.3. The van der Waals surface area contributed by atoms with Crippen molar-refractivity contribution in [2.45, 2.75) is 19.0 Å². The highest BCUT2D eigenvalue weighted by Crippen LogP contribution is 2.22. The van der Waals surface area contributed by atoms with E-state index < -0.39 is 9.84 Å². The van der Waals surface area contributed by atoms with Gasteiger partial charge in [0.1, 0.15) is 5.75 Å². The first-order valence-electron chi connectivity index (χ1n) is 5.37. The number of hydrogen-bond donors (Lipinski definition) is 2. The van der Waals surface area contributed by atoms with Gasteiger partial charge in [-0.1, -0.05) is 11.6 Å². The van der Waals surface area contributed by atoms with Gasteiger partial charge in [-0.25, -0.2) is 8.42 Å². The SMILES string of the molecule is O=S1(=O)CCC(NCc2cc(Cl)ccc2O)C1. The molecule has 1 heterocycles. The minimum atomic E-state index is -2.87. The molecule has 1 atom stereocenters. The van der Waals surface area contributed by atoms with Crippen LogP contribution < -0.4 is 5.32 Å². The highest BCUT2D eigenvalue weighted by molar-refractivity contribution is 7.91. The van der Waals surface area contributed by atoms with Crippen LogP contribution in [0.15, 0.2) is 18.2 Å². The normalized spacial score (nSPS) is 22.8. The molecule has 0 radical (unpaired) electrons. The van der Waals surface area contributed by atoms with Gasteiger partial charge in [0.05, 0.1) is 11.5 Å². The molecule has 0 spiro atoms. The Morgan fingerprint density at radius 1 is 1.47 bits per heavy atom. The highest BCUT2D eigenvalue weighted by atomic mass is 35.5. The Labute approximate surface area is 106 Å². The minimum absolute atomic E-state index is 0.0293. The number of phenolic OH excluding ortho intramolecular Hbond substituents is 1. The molecule has 0 aliphatic carbocycles. The van der Waals surface area contributed by atoms with Gasteiger partial charge >= 0.3 is 0 Å². The molecule has 1 aromatic carbocycles. The maximum Gasteiger partial charge on any atom is 0.151 e. The fourth-order valence-corrected chi connectivity index (χ4v) is 3.81. The van der Waals surface area contributed by atoms with Crippen molar-refractivity contribution in [1.82, 2.24) is 5.32 Å². The number of phenols is 1. The van der Waals surface area contributed by atoms with Gasteiger partial charge in [-0.05, 0) is 24.6 Å². The highest BCUT2D eigenvalue weighted by Gasteiger charge is 2.27. The molecular formula is C11H14ClNO3S. The molecule has 1 unspecified atom stereocenters. The minimum Gasteiger partial charge on any atom is -0.508 e. The van der Waals surface area contributed by atoms with Gasteiger partial charge in [0.15, 0.2) is 9.84 Å². The van der Waals surface area contributed by atoms with Gasteiger partial charge in [-0.2, -0.15) is 0 Å².